The molecule has 2 aliphatic carbocycles. The Kier molecular flexibility index (Phi) is 14.3. The molecule has 0 saturated heterocycles. The van der Waals surface area contributed by atoms with Gasteiger partial charge in [-0.1, -0.05) is 60.7 Å². The molecule has 2 amide bonds. The van der Waals surface area contributed by atoms with Gasteiger partial charge in [0.25, 0.3) is 0 Å². The fourth-order valence-electron chi connectivity index (χ4n) is 4.82. The number of carbonyl (C=O) groups excluding carboxylic acids is 3. The van der Waals surface area contributed by atoms with E-state index in [1.54, 1.807) is 0 Å². The summed E-state index contributed by atoms with van der Waals surface area (Å²) in [4.78, 5) is 34.6. The van der Waals surface area contributed by atoms with Crippen LogP contribution in [0.3, 0.4) is 0 Å². The van der Waals surface area contributed by atoms with Crippen LogP contribution in [-0.4, -0.2) is 29.7 Å². The third kappa shape index (κ3) is 11.9. The summed E-state index contributed by atoms with van der Waals surface area (Å²) < 4.78 is 0. The van der Waals surface area contributed by atoms with E-state index in [0.717, 1.165) is 43.4 Å². The maximum atomic E-state index is 12.2. The standard InChI is InChI=1S/C17H24N2O.C9H15NO2.C8H11N/c1-12(2)18-17(20)15-10-7-11-16(15)19-13(3)14-8-5-4-6-9-14;1-6(2)10-9(12)7-4-3-5-8(7)11;1-7(9)8-5-3-2-4-6-8/h4-6,8-9,12-13,19H,7,10-11H2,1-3H3,(H,18,20);6-7H,3-5H2,1-2H3,(H,10,12);2-7H,9H2,1H3/t13-;;7-/m1.1/s1. The van der Waals surface area contributed by atoms with Gasteiger partial charge in [-0.05, 0) is 84.8 Å². The van der Waals surface area contributed by atoms with Gasteiger partial charge in [0.2, 0.25) is 11.8 Å². The second-order valence-corrected chi connectivity index (χ2v) is 11.5. The first kappa shape index (κ1) is 33.8. The highest BCUT2D eigenvalue weighted by atomic mass is 16.2. The SMILES string of the molecule is CC(C)NC(=O)C1=C(N[C@H](C)c2ccccc2)CCC1.CC(C)NC(=O)C1CCCC1=O.C[C@@H](N)c1ccccc1. The van der Waals surface area contributed by atoms with Gasteiger partial charge in [-0.15, -0.1) is 0 Å². The highest BCUT2D eigenvalue weighted by Crippen LogP contribution is 2.27. The molecule has 2 aromatic carbocycles. The second kappa shape index (κ2) is 17.4. The first-order chi connectivity index (χ1) is 19.5. The first-order valence-electron chi connectivity index (χ1n) is 15.0. The number of nitrogens with one attached hydrogen (secondary N) is 3. The van der Waals surface area contributed by atoms with Crippen LogP contribution in [0.5, 0.6) is 0 Å². The van der Waals surface area contributed by atoms with E-state index >= 15 is 0 Å². The molecule has 0 radical (unpaired) electrons. The molecule has 7 heteroatoms. The Labute approximate surface area is 246 Å². The van der Waals surface area contributed by atoms with Crippen LogP contribution in [0.25, 0.3) is 0 Å². The summed E-state index contributed by atoms with van der Waals surface area (Å²) in [7, 11) is 0. The van der Waals surface area contributed by atoms with Crippen molar-refractivity contribution in [2.24, 2.45) is 11.7 Å². The molecular formula is C34H50N4O3. The molecule has 1 fully saturated rings. The Morgan fingerprint density at radius 2 is 1.32 bits per heavy atom. The Balaban J connectivity index is 0.000000237. The minimum Gasteiger partial charge on any atom is -0.381 e. The quantitative estimate of drug-likeness (QED) is 0.300. The zero-order valence-corrected chi connectivity index (χ0v) is 25.7. The smallest absolute Gasteiger partial charge is 0.249 e. The molecule has 0 aromatic heterocycles. The number of nitrogens with two attached hydrogens (primary N) is 1. The average molecular weight is 563 g/mol. The molecule has 224 valence electrons. The summed E-state index contributed by atoms with van der Waals surface area (Å²) in [5.74, 6) is -0.256. The van der Waals surface area contributed by atoms with E-state index in [9.17, 15) is 14.4 Å². The van der Waals surface area contributed by atoms with Gasteiger partial charge in [-0.2, -0.15) is 0 Å². The molecular weight excluding hydrogens is 512 g/mol. The van der Waals surface area contributed by atoms with E-state index in [1.807, 2.05) is 83.1 Å². The van der Waals surface area contributed by atoms with Crippen LogP contribution in [0.4, 0.5) is 0 Å². The van der Waals surface area contributed by atoms with Crippen LogP contribution in [0.15, 0.2) is 71.9 Å². The molecule has 2 aromatic rings. The van der Waals surface area contributed by atoms with Crippen molar-refractivity contribution in [2.45, 2.75) is 104 Å². The molecule has 0 spiro atoms. The van der Waals surface area contributed by atoms with Crippen LogP contribution < -0.4 is 21.7 Å². The molecule has 1 saturated carbocycles. The van der Waals surface area contributed by atoms with E-state index in [0.29, 0.717) is 6.42 Å². The molecule has 4 rings (SSSR count). The summed E-state index contributed by atoms with van der Waals surface area (Å²) >= 11 is 0. The minimum absolute atomic E-state index is 0.0836. The number of carbonyl (C=O) groups is 3. The van der Waals surface area contributed by atoms with Crippen molar-refractivity contribution in [3.63, 3.8) is 0 Å². The van der Waals surface area contributed by atoms with Crippen LogP contribution in [-0.2, 0) is 14.4 Å². The Bertz CT molecular complexity index is 1130. The molecule has 0 bridgehead atoms. The Morgan fingerprint density at radius 3 is 1.78 bits per heavy atom. The van der Waals surface area contributed by atoms with Crippen LogP contribution in [0.2, 0.25) is 0 Å². The van der Waals surface area contributed by atoms with Crippen molar-refractivity contribution in [1.29, 1.82) is 0 Å². The molecule has 3 atom stereocenters. The summed E-state index contributed by atoms with van der Waals surface area (Å²) in [6, 6.07) is 21.1. The third-order valence-corrected chi connectivity index (χ3v) is 6.98. The fraction of sp³-hybridized carbons (Fsp3) is 0.500. The number of benzene rings is 2. The highest BCUT2D eigenvalue weighted by molar-refractivity contribution is 6.02. The van der Waals surface area contributed by atoms with Gasteiger partial charge in [-0.25, -0.2) is 0 Å². The third-order valence-electron chi connectivity index (χ3n) is 6.98. The predicted molar refractivity (Wildman–Crippen MR) is 167 cm³/mol. The highest BCUT2D eigenvalue weighted by Gasteiger charge is 2.30. The van der Waals surface area contributed by atoms with Gasteiger partial charge in [0.1, 0.15) is 5.78 Å². The van der Waals surface area contributed by atoms with E-state index in [1.165, 1.54) is 11.1 Å². The minimum atomic E-state index is -0.354. The summed E-state index contributed by atoms with van der Waals surface area (Å²) in [6.07, 6.45) is 5.09. The monoisotopic (exact) mass is 562 g/mol. The van der Waals surface area contributed by atoms with Crippen molar-refractivity contribution in [3.8, 4) is 0 Å². The molecule has 7 nitrogen and oxygen atoms in total. The maximum Gasteiger partial charge on any atom is 0.249 e. The lowest BCUT2D eigenvalue weighted by atomic mass is 10.1. The predicted octanol–water partition coefficient (Wildman–Crippen LogP) is 5.89. The molecule has 0 heterocycles. The van der Waals surface area contributed by atoms with Crippen LogP contribution in [0, 0.1) is 5.92 Å². The number of hydrogen-bond donors (Lipinski definition) is 4. The number of allylic oxidation sites excluding steroid dienone is 1. The van der Waals surface area contributed by atoms with Crippen LogP contribution >= 0.6 is 0 Å². The molecule has 41 heavy (non-hydrogen) atoms. The van der Waals surface area contributed by atoms with Crippen molar-refractivity contribution in [2.75, 3.05) is 0 Å². The fourth-order valence-corrected chi connectivity index (χ4v) is 4.82. The molecule has 2 aliphatic rings. The van der Waals surface area contributed by atoms with Crippen molar-refractivity contribution >= 4 is 17.6 Å². The van der Waals surface area contributed by atoms with Crippen LogP contribution in [0.1, 0.15) is 103 Å². The van der Waals surface area contributed by atoms with E-state index in [-0.39, 0.29) is 47.7 Å². The first-order valence-corrected chi connectivity index (χ1v) is 15.0. The number of rotatable bonds is 8. The largest absolute Gasteiger partial charge is 0.381 e. The molecule has 1 unspecified atom stereocenters. The van der Waals surface area contributed by atoms with Gasteiger partial charge in [0.15, 0.2) is 0 Å². The Morgan fingerprint density at radius 1 is 0.756 bits per heavy atom. The number of hydrogen-bond acceptors (Lipinski definition) is 5. The van der Waals surface area contributed by atoms with Gasteiger partial charge in [0.05, 0.1) is 5.92 Å². The lowest BCUT2D eigenvalue weighted by Crippen LogP contribution is -2.37. The summed E-state index contributed by atoms with van der Waals surface area (Å²) in [5, 5.41) is 9.26. The van der Waals surface area contributed by atoms with Crippen molar-refractivity contribution in [3.05, 3.63) is 83.1 Å². The van der Waals surface area contributed by atoms with Crippen molar-refractivity contribution < 1.29 is 14.4 Å². The normalized spacial score (nSPS) is 17.7. The maximum absolute atomic E-state index is 12.2. The topological polar surface area (TPSA) is 113 Å². The summed E-state index contributed by atoms with van der Waals surface area (Å²) in [5.41, 5.74) is 10.1. The average Bonchev–Trinajstić information content (AvgIpc) is 3.58. The summed E-state index contributed by atoms with van der Waals surface area (Å²) in [6.45, 7) is 11.9. The van der Waals surface area contributed by atoms with Gasteiger partial charge in [-0.3, -0.25) is 14.4 Å². The zero-order chi connectivity index (χ0) is 30.4. The lowest BCUT2D eigenvalue weighted by molar-refractivity contribution is -0.132. The molecule has 0 aliphatic heterocycles. The van der Waals surface area contributed by atoms with Gasteiger partial charge >= 0.3 is 0 Å². The lowest BCUT2D eigenvalue weighted by Gasteiger charge is -2.18. The van der Waals surface area contributed by atoms with Gasteiger partial charge < -0.3 is 21.7 Å². The number of Topliss-reactive ketones (excluding diaryl/α,β-unsaturated/α-hetero) is 1. The van der Waals surface area contributed by atoms with Crippen molar-refractivity contribution in [1.82, 2.24) is 16.0 Å². The van der Waals surface area contributed by atoms with E-state index in [2.05, 4.69) is 35.0 Å². The zero-order valence-electron chi connectivity index (χ0n) is 25.7. The Hall–Kier alpha value is -3.45. The van der Waals surface area contributed by atoms with Gasteiger partial charge in [0, 0.05) is 41.9 Å². The number of ketones is 1. The second-order valence-electron chi connectivity index (χ2n) is 11.5. The van der Waals surface area contributed by atoms with E-state index in [4.69, 9.17) is 5.73 Å². The molecule has 5 N–H and O–H groups in total. The van der Waals surface area contributed by atoms with E-state index < -0.39 is 0 Å². The number of amides is 2.